The summed E-state index contributed by atoms with van der Waals surface area (Å²) >= 11 is 0. The van der Waals surface area contributed by atoms with Crippen LogP contribution in [0.5, 0.6) is 0 Å². The quantitative estimate of drug-likeness (QED) is 0.543. The second-order valence-corrected chi connectivity index (χ2v) is 9.00. The second kappa shape index (κ2) is 8.96. The van der Waals surface area contributed by atoms with Crippen LogP contribution >= 0.6 is 0 Å². The lowest BCUT2D eigenvalue weighted by Crippen LogP contribution is -2.45. The Hall–Kier alpha value is -3.08. The molecule has 0 unspecified atom stereocenters. The fraction of sp³-hybridized carbons (Fsp3) is 0.385. The molecule has 1 heterocycles. The standard InChI is InChI=1S/C26H31N3O2/c1-19(2)16-28(17-24-9-6-14-27(24)3)25(30)18-29(23-12-13-23)26(31)22-11-10-20-7-4-5-8-21(20)15-22/h4-11,14-15,19,23H,12-13,16-18H2,1-3H3. The van der Waals surface area contributed by atoms with Gasteiger partial charge in [-0.2, -0.15) is 0 Å². The molecule has 1 aliphatic rings. The molecule has 0 atom stereocenters. The van der Waals surface area contributed by atoms with Gasteiger partial charge in [-0.25, -0.2) is 0 Å². The first kappa shape index (κ1) is 21.2. The highest BCUT2D eigenvalue weighted by atomic mass is 16.2. The Balaban J connectivity index is 1.53. The van der Waals surface area contributed by atoms with E-state index in [2.05, 4.69) is 13.8 Å². The molecule has 31 heavy (non-hydrogen) atoms. The van der Waals surface area contributed by atoms with Gasteiger partial charge in [0, 0.05) is 37.1 Å². The maximum absolute atomic E-state index is 13.4. The Morgan fingerprint density at radius 1 is 1.03 bits per heavy atom. The summed E-state index contributed by atoms with van der Waals surface area (Å²) in [6, 6.07) is 18.0. The van der Waals surface area contributed by atoms with Crippen molar-refractivity contribution in [1.82, 2.24) is 14.4 Å². The summed E-state index contributed by atoms with van der Waals surface area (Å²) in [5, 5.41) is 2.15. The normalized spacial score (nSPS) is 13.5. The van der Waals surface area contributed by atoms with Crippen LogP contribution in [0.3, 0.4) is 0 Å². The maximum Gasteiger partial charge on any atom is 0.254 e. The largest absolute Gasteiger partial charge is 0.353 e. The summed E-state index contributed by atoms with van der Waals surface area (Å²) in [5.41, 5.74) is 1.74. The Morgan fingerprint density at radius 2 is 1.77 bits per heavy atom. The lowest BCUT2D eigenvalue weighted by molar-refractivity contribution is -0.133. The summed E-state index contributed by atoms with van der Waals surface area (Å²) < 4.78 is 2.04. The number of amides is 2. The molecule has 0 saturated heterocycles. The van der Waals surface area contributed by atoms with Crippen LogP contribution in [0.2, 0.25) is 0 Å². The van der Waals surface area contributed by atoms with Gasteiger partial charge < -0.3 is 14.4 Å². The number of hydrogen-bond acceptors (Lipinski definition) is 2. The zero-order valence-corrected chi connectivity index (χ0v) is 18.6. The van der Waals surface area contributed by atoms with E-state index in [1.807, 2.05) is 77.3 Å². The van der Waals surface area contributed by atoms with Gasteiger partial charge in [-0.1, -0.05) is 44.2 Å². The number of rotatable bonds is 8. The molecule has 5 nitrogen and oxygen atoms in total. The van der Waals surface area contributed by atoms with E-state index in [0.29, 0.717) is 24.6 Å². The first-order valence-electron chi connectivity index (χ1n) is 11.1. The summed E-state index contributed by atoms with van der Waals surface area (Å²) in [5.74, 6) is 0.315. The van der Waals surface area contributed by atoms with E-state index in [1.165, 1.54) is 0 Å². The van der Waals surface area contributed by atoms with Gasteiger partial charge in [0.15, 0.2) is 0 Å². The van der Waals surface area contributed by atoms with Crippen molar-refractivity contribution < 1.29 is 9.59 Å². The molecular formula is C26H31N3O2. The number of carbonyl (C=O) groups is 2. The molecule has 1 fully saturated rings. The minimum atomic E-state index is -0.0510. The summed E-state index contributed by atoms with van der Waals surface area (Å²) in [6.07, 6.45) is 3.93. The predicted molar refractivity (Wildman–Crippen MR) is 124 cm³/mol. The van der Waals surface area contributed by atoms with Crippen LogP contribution < -0.4 is 0 Å². The number of aryl methyl sites for hydroxylation is 1. The third kappa shape index (κ3) is 4.98. The molecule has 4 rings (SSSR count). The van der Waals surface area contributed by atoms with Gasteiger partial charge in [-0.05, 0) is 53.8 Å². The number of carbonyl (C=O) groups excluding carboxylic acids is 2. The van der Waals surface area contributed by atoms with Crippen molar-refractivity contribution in [3.8, 4) is 0 Å². The van der Waals surface area contributed by atoms with Crippen LogP contribution in [0.4, 0.5) is 0 Å². The second-order valence-electron chi connectivity index (χ2n) is 9.00. The average Bonchev–Trinajstić information content (AvgIpc) is 3.52. The van der Waals surface area contributed by atoms with Gasteiger partial charge >= 0.3 is 0 Å². The van der Waals surface area contributed by atoms with Crippen molar-refractivity contribution >= 4 is 22.6 Å². The van der Waals surface area contributed by atoms with Gasteiger partial charge in [0.05, 0.1) is 6.54 Å². The van der Waals surface area contributed by atoms with Crippen LogP contribution in [-0.4, -0.2) is 45.3 Å². The highest BCUT2D eigenvalue weighted by molar-refractivity contribution is 6.00. The van der Waals surface area contributed by atoms with Gasteiger partial charge in [0.1, 0.15) is 6.54 Å². The Kier molecular flexibility index (Phi) is 6.12. The van der Waals surface area contributed by atoms with Crippen molar-refractivity contribution in [2.24, 2.45) is 13.0 Å². The van der Waals surface area contributed by atoms with Gasteiger partial charge in [0.25, 0.3) is 5.91 Å². The van der Waals surface area contributed by atoms with Crippen LogP contribution in [0, 0.1) is 5.92 Å². The van der Waals surface area contributed by atoms with Crippen LogP contribution in [0.25, 0.3) is 10.8 Å². The molecule has 0 spiro atoms. The van der Waals surface area contributed by atoms with Crippen LogP contribution in [-0.2, 0) is 18.4 Å². The van der Waals surface area contributed by atoms with E-state index in [4.69, 9.17) is 0 Å². The van der Waals surface area contributed by atoms with E-state index in [0.717, 1.165) is 29.3 Å². The molecule has 0 bridgehead atoms. The Bertz CT molecular complexity index is 1080. The van der Waals surface area contributed by atoms with Gasteiger partial charge in [0.2, 0.25) is 5.91 Å². The monoisotopic (exact) mass is 417 g/mol. The SMILES string of the molecule is CC(C)CN(Cc1cccn1C)C(=O)CN(C(=O)c1ccc2ccccc2c1)C1CC1. The summed E-state index contributed by atoms with van der Waals surface area (Å²) in [7, 11) is 1.99. The third-order valence-corrected chi connectivity index (χ3v) is 5.89. The van der Waals surface area contributed by atoms with E-state index in [-0.39, 0.29) is 24.4 Å². The van der Waals surface area contributed by atoms with Gasteiger partial charge in [-0.3, -0.25) is 9.59 Å². The van der Waals surface area contributed by atoms with E-state index in [1.54, 1.807) is 4.90 Å². The smallest absolute Gasteiger partial charge is 0.254 e. The first-order chi connectivity index (χ1) is 14.9. The molecule has 2 aromatic carbocycles. The molecule has 0 radical (unpaired) electrons. The topological polar surface area (TPSA) is 45.6 Å². The predicted octanol–water partition coefficient (Wildman–Crippen LogP) is 4.47. The molecule has 5 heteroatoms. The van der Waals surface area contributed by atoms with Crippen LogP contribution in [0.1, 0.15) is 42.7 Å². The summed E-state index contributed by atoms with van der Waals surface area (Å²) in [4.78, 5) is 30.4. The highest BCUT2D eigenvalue weighted by Gasteiger charge is 2.35. The minimum Gasteiger partial charge on any atom is -0.353 e. The van der Waals surface area contributed by atoms with Crippen molar-refractivity contribution in [2.75, 3.05) is 13.1 Å². The molecule has 1 aromatic heterocycles. The van der Waals surface area contributed by atoms with Crippen molar-refractivity contribution in [3.63, 3.8) is 0 Å². The number of aromatic nitrogens is 1. The zero-order chi connectivity index (χ0) is 22.0. The first-order valence-corrected chi connectivity index (χ1v) is 11.1. The third-order valence-electron chi connectivity index (χ3n) is 5.89. The highest BCUT2D eigenvalue weighted by Crippen LogP contribution is 2.29. The number of benzene rings is 2. The lowest BCUT2D eigenvalue weighted by Gasteiger charge is -2.29. The van der Waals surface area contributed by atoms with Crippen molar-refractivity contribution in [1.29, 1.82) is 0 Å². The molecule has 0 aliphatic heterocycles. The van der Waals surface area contributed by atoms with Gasteiger partial charge in [-0.15, -0.1) is 0 Å². The molecular weight excluding hydrogens is 386 g/mol. The molecule has 2 amide bonds. The molecule has 0 N–H and O–H groups in total. The number of fused-ring (bicyclic) bond motifs is 1. The maximum atomic E-state index is 13.4. The molecule has 1 aliphatic carbocycles. The summed E-state index contributed by atoms with van der Waals surface area (Å²) in [6.45, 7) is 5.59. The Morgan fingerprint density at radius 3 is 2.42 bits per heavy atom. The van der Waals surface area contributed by atoms with E-state index >= 15 is 0 Å². The Labute approximate surface area is 184 Å². The van der Waals surface area contributed by atoms with E-state index in [9.17, 15) is 9.59 Å². The average molecular weight is 418 g/mol. The van der Waals surface area contributed by atoms with E-state index < -0.39 is 0 Å². The molecule has 1 saturated carbocycles. The lowest BCUT2D eigenvalue weighted by atomic mass is 10.1. The van der Waals surface area contributed by atoms with Crippen molar-refractivity contribution in [3.05, 3.63) is 72.1 Å². The fourth-order valence-corrected chi connectivity index (χ4v) is 4.04. The minimum absolute atomic E-state index is 0.0101. The number of nitrogens with zero attached hydrogens (tertiary/aromatic N) is 3. The molecule has 162 valence electrons. The zero-order valence-electron chi connectivity index (χ0n) is 18.6. The fourth-order valence-electron chi connectivity index (χ4n) is 4.04. The number of hydrogen-bond donors (Lipinski definition) is 0. The van der Waals surface area contributed by atoms with Crippen molar-refractivity contribution in [2.45, 2.75) is 39.3 Å². The molecule has 3 aromatic rings. The van der Waals surface area contributed by atoms with Crippen LogP contribution in [0.15, 0.2) is 60.8 Å².